The monoisotopic (exact) mass is 184 g/mol. The Bertz CT molecular complexity index is 216. The molecule has 0 saturated carbocycles. The summed E-state index contributed by atoms with van der Waals surface area (Å²) in [7, 11) is 0. The first-order valence-corrected chi connectivity index (χ1v) is 4.69. The number of piperidine rings is 1. The highest BCUT2D eigenvalue weighted by atomic mass is 16.2. The third-order valence-corrected chi connectivity index (χ3v) is 2.35. The zero-order valence-corrected chi connectivity index (χ0v) is 8.17. The third kappa shape index (κ3) is 2.72. The molecule has 0 aromatic rings. The van der Waals surface area contributed by atoms with E-state index in [2.05, 4.69) is 5.32 Å². The second kappa shape index (κ2) is 4.25. The molecule has 13 heavy (non-hydrogen) atoms. The van der Waals surface area contributed by atoms with E-state index in [0.29, 0.717) is 0 Å². The quantitative estimate of drug-likeness (QED) is 0.613. The van der Waals surface area contributed by atoms with E-state index in [1.807, 2.05) is 6.92 Å². The Kier molecular flexibility index (Phi) is 3.28. The van der Waals surface area contributed by atoms with Crippen molar-refractivity contribution < 1.29 is 9.59 Å². The molecule has 1 rings (SSSR count). The van der Waals surface area contributed by atoms with Gasteiger partial charge in [0.05, 0.1) is 0 Å². The van der Waals surface area contributed by atoms with Crippen LogP contribution in [-0.4, -0.2) is 29.4 Å². The van der Waals surface area contributed by atoms with Crippen molar-refractivity contribution >= 4 is 11.9 Å². The van der Waals surface area contributed by atoms with Crippen LogP contribution in [0.4, 0.5) is 4.79 Å². The van der Waals surface area contributed by atoms with Crippen LogP contribution >= 0.6 is 0 Å². The molecule has 0 bridgehead atoms. The van der Waals surface area contributed by atoms with Crippen molar-refractivity contribution in [2.45, 2.75) is 39.2 Å². The van der Waals surface area contributed by atoms with Crippen molar-refractivity contribution in [1.29, 1.82) is 0 Å². The molecule has 0 aliphatic carbocycles. The fraction of sp³-hybridized carbons (Fsp3) is 0.778. The topological polar surface area (TPSA) is 49.4 Å². The summed E-state index contributed by atoms with van der Waals surface area (Å²) in [5, 5.41) is 2.29. The largest absolute Gasteiger partial charge is 0.324 e. The molecule has 1 fully saturated rings. The van der Waals surface area contributed by atoms with Crippen molar-refractivity contribution in [3.05, 3.63) is 0 Å². The van der Waals surface area contributed by atoms with Gasteiger partial charge in [-0.05, 0) is 26.2 Å². The average Bonchev–Trinajstić information content (AvgIpc) is 2.03. The van der Waals surface area contributed by atoms with Crippen LogP contribution in [0.3, 0.4) is 0 Å². The van der Waals surface area contributed by atoms with E-state index in [1.165, 1.54) is 13.3 Å². The van der Waals surface area contributed by atoms with Crippen molar-refractivity contribution in [3.8, 4) is 0 Å². The molecule has 0 aromatic carbocycles. The van der Waals surface area contributed by atoms with Gasteiger partial charge in [-0.3, -0.25) is 10.1 Å². The lowest BCUT2D eigenvalue weighted by atomic mass is 10.0. The summed E-state index contributed by atoms with van der Waals surface area (Å²) in [6.45, 7) is 4.13. The van der Waals surface area contributed by atoms with E-state index >= 15 is 0 Å². The summed E-state index contributed by atoms with van der Waals surface area (Å²) in [4.78, 5) is 23.8. The fourth-order valence-electron chi connectivity index (χ4n) is 1.62. The molecule has 1 atom stereocenters. The van der Waals surface area contributed by atoms with E-state index in [9.17, 15) is 9.59 Å². The molecule has 4 heteroatoms. The normalized spacial score (nSPS) is 22.6. The fourth-order valence-corrected chi connectivity index (χ4v) is 1.62. The Morgan fingerprint density at radius 3 is 2.62 bits per heavy atom. The van der Waals surface area contributed by atoms with Gasteiger partial charge < -0.3 is 4.90 Å². The lowest BCUT2D eigenvalue weighted by Gasteiger charge is -2.32. The zero-order valence-electron chi connectivity index (χ0n) is 8.17. The summed E-state index contributed by atoms with van der Waals surface area (Å²) >= 11 is 0. The van der Waals surface area contributed by atoms with Crippen LogP contribution in [0, 0.1) is 0 Å². The summed E-state index contributed by atoms with van der Waals surface area (Å²) < 4.78 is 0. The van der Waals surface area contributed by atoms with Gasteiger partial charge in [-0.25, -0.2) is 4.79 Å². The lowest BCUT2D eigenvalue weighted by molar-refractivity contribution is -0.118. The van der Waals surface area contributed by atoms with Gasteiger partial charge >= 0.3 is 6.03 Å². The minimum Gasteiger partial charge on any atom is -0.322 e. The van der Waals surface area contributed by atoms with Gasteiger partial charge in [0, 0.05) is 19.5 Å². The van der Waals surface area contributed by atoms with Crippen LogP contribution in [0.25, 0.3) is 0 Å². The van der Waals surface area contributed by atoms with E-state index in [4.69, 9.17) is 0 Å². The molecule has 1 aliphatic rings. The minimum atomic E-state index is -0.289. The second-order valence-corrected chi connectivity index (χ2v) is 3.52. The number of nitrogens with zero attached hydrogens (tertiary/aromatic N) is 1. The molecule has 3 amide bonds. The van der Waals surface area contributed by atoms with Gasteiger partial charge in [-0.1, -0.05) is 0 Å². The Morgan fingerprint density at radius 2 is 2.08 bits per heavy atom. The van der Waals surface area contributed by atoms with Crippen LogP contribution in [0.1, 0.15) is 33.1 Å². The molecule has 0 spiro atoms. The molecular weight excluding hydrogens is 168 g/mol. The SMILES string of the molecule is CC(=O)NC(=O)N1CCCCC1C. The number of imide groups is 1. The Balaban J connectivity index is 2.48. The third-order valence-electron chi connectivity index (χ3n) is 2.35. The smallest absolute Gasteiger partial charge is 0.322 e. The molecule has 1 N–H and O–H groups in total. The first kappa shape index (κ1) is 10.0. The highest BCUT2D eigenvalue weighted by Crippen LogP contribution is 2.15. The first-order chi connectivity index (χ1) is 6.11. The minimum absolute atomic E-state index is 0.250. The van der Waals surface area contributed by atoms with Gasteiger partial charge in [0.1, 0.15) is 0 Å². The number of urea groups is 1. The van der Waals surface area contributed by atoms with Gasteiger partial charge in [0.25, 0.3) is 0 Å². The van der Waals surface area contributed by atoms with Crippen LogP contribution in [0.5, 0.6) is 0 Å². The molecule has 0 radical (unpaired) electrons. The van der Waals surface area contributed by atoms with Crippen LogP contribution in [-0.2, 0) is 4.79 Å². The number of amides is 3. The molecule has 4 nitrogen and oxygen atoms in total. The average molecular weight is 184 g/mol. The number of nitrogens with one attached hydrogen (secondary N) is 1. The summed E-state index contributed by atoms with van der Waals surface area (Å²) in [6.07, 6.45) is 3.24. The standard InChI is InChI=1S/C9H16N2O2/c1-7-5-3-4-6-11(7)9(13)10-8(2)12/h7H,3-6H2,1-2H3,(H,10,12,13). The van der Waals surface area contributed by atoms with E-state index in [1.54, 1.807) is 4.90 Å². The highest BCUT2D eigenvalue weighted by molar-refractivity contribution is 5.93. The molecule has 1 heterocycles. The maximum atomic E-state index is 11.4. The van der Waals surface area contributed by atoms with Crippen molar-refractivity contribution in [2.24, 2.45) is 0 Å². The number of carbonyl (C=O) groups is 2. The van der Waals surface area contributed by atoms with Gasteiger partial charge in [0.2, 0.25) is 5.91 Å². The molecule has 1 saturated heterocycles. The summed E-state index contributed by atoms with van der Waals surface area (Å²) in [6, 6.07) is 0.00722. The predicted octanol–water partition coefficient (Wildman–Crippen LogP) is 1.12. The molecule has 0 aromatic heterocycles. The van der Waals surface area contributed by atoms with Gasteiger partial charge in [-0.15, -0.1) is 0 Å². The zero-order chi connectivity index (χ0) is 9.84. The van der Waals surface area contributed by atoms with Crippen molar-refractivity contribution in [3.63, 3.8) is 0 Å². The molecule has 1 unspecified atom stereocenters. The van der Waals surface area contributed by atoms with Gasteiger partial charge in [0.15, 0.2) is 0 Å². The van der Waals surface area contributed by atoms with E-state index in [0.717, 1.165) is 19.4 Å². The number of carbonyl (C=O) groups excluding carboxylic acids is 2. The number of likely N-dealkylation sites (tertiary alicyclic amines) is 1. The second-order valence-electron chi connectivity index (χ2n) is 3.52. The number of hydrogen-bond donors (Lipinski definition) is 1. The van der Waals surface area contributed by atoms with E-state index in [-0.39, 0.29) is 18.0 Å². The molecular formula is C9H16N2O2. The van der Waals surface area contributed by atoms with Gasteiger partial charge in [-0.2, -0.15) is 0 Å². The summed E-state index contributed by atoms with van der Waals surface area (Å²) in [5.41, 5.74) is 0. The molecule has 74 valence electrons. The Labute approximate surface area is 78.3 Å². The summed E-state index contributed by atoms with van der Waals surface area (Å²) in [5.74, 6) is -0.289. The lowest BCUT2D eigenvalue weighted by Crippen LogP contribution is -2.48. The van der Waals surface area contributed by atoms with E-state index < -0.39 is 0 Å². The van der Waals surface area contributed by atoms with Crippen molar-refractivity contribution in [1.82, 2.24) is 10.2 Å². The Hall–Kier alpha value is -1.06. The Morgan fingerprint density at radius 1 is 1.38 bits per heavy atom. The maximum absolute atomic E-state index is 11.4. The molecule has 1 aliphatic heterocycles. The van der Waals surface area contributed by atoms with Crippen LogP contribution in [0.15, 0.2) is 0 Å². The van der Waals surface area contributed by atoms with Crippen molar-refractivity contribution in [2.75, 3.05) is 6.54 Å². The van der Waals surface area contributed by atoms with Crippen LogP contribution in [0.2, 0.25) is 0 Å². The highest BCUT2D eigenvalue weighted by Gasteiger charge is 2.23. The van der Waals surface area contributed by atoms with Crippen LogP contribution < -0.4 is 5.32 Å². The number of rotatable bonds is 0. The number of hydrogen-bond acceptors (Lipinski definition) is 2. The maximum Gasteiger partial charge on any atom is 0.324 e. The predicted molar refractivity (Wildman–Crippen MR) is 49.2 cm³/mol. The first-order valence-electron chi connectivity index (χ1n) is 4.69.